The van der Waals surface area contributed by atoms with E-state index in [4.69, 9.17) is 0 Å². The standard InChI is InChI=1S/C18H25N3O3/c22-16-13-21(12-14(16)11-15-5-1-2-8-19-15)18(24)7-4-10-20-9-3-6-17(20)23/h1-2,5,8,14,16,22H,3-4,6-7,9-13H2/t14-,16-/m1/s1. The SMILES string of the molecule is O=C1CCCN1CCCC(=O)N1C[C@@H](Cc2ccccn2)[C@H](O)C1. The highest BCUT2D eigenvalue weighted by atomic mass is 16.3. The van der Waals surface area contributed by atoms with Gasteiger partial charge in [0.05, 0.1) is 6.10 Å². The first kappa shape index (κ1) is 16.9. The van der Waals surface area contributed by atoms with Gasteiger partial charge in [-0.1, -0.05) is 6.07 Å². The minimum absolute atomic E-state index is 0.0454. The summed E-state index contributed by atoms with van der Waals surface area (Å²) in [5.41, 5.74) is 0.948. The normalized spacial score (nSPS) is 24.0. The molecular weight excluding hydrogens is 306 g/mol. The van der Waals surface area contributed by atoms with Crippen molar-refractivity contribution in [1.82, 2.24) is 14.8 Å². The molecule has 0 aromatic carbocycles. The first-order valence-electron chi connectivity index (χ1n) is 8.77. The Morgan fingerprint density at radius 2 is 2.21 bits per heavy atom. The molecule has 6 heteroatoms. The van der Waals surface area contributed by atoms with Crippen LogP contribution in [0.2, 0.25) is 0 Å². The van der Waals surface area contributed by atoms with Gasteiger partial charge in [-0.3, -0.25) is 14.6 Å². The summed E-state index contributed by atoms with van der Waals surface area (Å²) in [6, 6.07) is 5.76. The topological polar surface area (TPSA) is 73.7 Å². The van der Waals surface area contributed by atoms with Gasteiger partial charge in [0.1, 0.15) is 0 Å². The largest absolute Gasteiger partial charge is 0.391 e. The molecule has 130 valence electrons. The lowest BCUT2D eigenvalue weighted by atomic mass is 10.00. The lowest BCUT2D eigenvalue weighted by Crippen LogP contribution is -2.31. The quantitative estimate of drug-likeness (QED) is 0.838. The molecule has 3 heterocycles. The lowest BCUT2D eigenvalue weighted by Gasteiger charge is -2.18. The van der Waals surface area contributed by atoms with E-state index in [0.29, 0.717) is 45.3 Å². The molecule has 1 aromatic rings. The maximum Gasteiger partial charge on any atom is 0.222 e. The molecule has 6 nitrogen and oxygen atoms in total. The third-order valence-electron chi connectivity index (χ3n) is 4.95. The van der Waals surface area contributed by atoms with Gasteiger partial charge in [-0.2, -0.15) is 0 Å². The van der Waals surface area contributed by atoms with Crippen LogP contribution >= 0.6 is 0 Å². The molecule has 24 heavy (non-hydrogen) atoms. The summed E-state index contributed by atoms with van der Waals surface area (Å²) in [4.78, 5) is 31.8. The van der Waals surface area contributed by atoms with Crippen LogP contribution in [0.4, 0.5) is 0 Å². The zero-order chi connectivity index (χ0) is 16.9. The van der Waals surface area contributed by atoms with E-state index in [2.05, 4.69) is 4.98 Å². The molecule has 2 aliphatic rings. The number of β-amino-alcohol motifs (C(OH)–C–C–N with tert-alkyl or cyclic N) is 1. The van der Waals surface area contributed by atoms with Crippen molar-refractivity contribution in [3.05, 3.63) is 30.1 Å². The van der Waals surface area contributed by atoms with E-state index in [1.54, 1.807) is 11.1 Å². The van der Waals surface area contributed by atoms with E-state index in [1.165, 1.54) is 0 Å². The van der Waals surface area contributed by atoms with Gasteiger partial charge in [0.15, 0.2) is 0 Å². The van der Waals surface area contributed by atoms with Gasteiger partial charge in [0.2, 0.25) is 11.8 Å². The molecule has 0 bridgehead atoms. The smallest absolute Gasteiger partial charge is 0.222 e. The molecule has 0 spiro atoms. The monoisotopic (exact) mass is 331 g/mol. The van der Waals surface area contributed by atoms with Crippen LogP contribution in [0.5, 0.6) is 0 Å². The van der Waals surface area contributed by atoms with Gasteiger partial charge >= 0.3 is 0 Å². The Morgan fingerprint density at radius 1 is 1.33 bits per heavy atom. The molecule has 2 atom stereocenters. The van der Waals surface area contributed by atoms with Gasteiger partial charge in [0, 0.05) is 56.8 Å². The molecule has 3 rings (SSSR count). The summed E-state index contributed by atoms with van der Waals surface area (Å²) in [5, 5.41) is 10.2. The molecule has 0 saturated carbocycles. The predicted octanol–water partition coefficient (Wildman–Crippen LogP) is 0.846. The maximum absolute atomic E-state index is 12.3. The average molecular weight is 331 g/mol. The van der Waals surface area contributed by atoms with Crippen LogP contribution in [0, 0.1) is 5.92 Å². The molecule has 2 aliphatic heterocycles. The molecule has 0 aliphatic carbocycles. The number of likely N-dealkylation sites (tertiary alicyclic amines) is 2. The number of aliphatic hydroxyl groups excluding tert-OH is 1. The van der Waals surface area contributed by atoms with Crippen LogP contribution in [0.15, 0.2) is 24.4 Å². The first-order chi connectivity index (χ1) is 11.6. The van der Waals surface area contributed by atoms with Crippen molar-refractivity contribution in [2.24, 2.45) is 5.92 Å². The highest BCUT2D eigenvalue weighted by Crippen LogP contribution is 2.22. The second kappa shape index (κ2) is 7.75. The van der Waals surface area contributed by atoms with Crippen molar-refractivity contribution < 1.29 is 14.7 Å². The number of carbonyl (C=O) groups excluding carboxylic acids is 2. The van der Waals surface area contributed by atoms with E-state index in [1.807, 2.05) is 23.1 Å². The van der Waals surface area contributed by atoms with Crippen LogP contribution < -0.4 is 0 Å². The zero-order valence-electron chi connectivity index (χ0n) is 13.9. The van der Waals surface area contributed by atoms with Crippen molar-refractivity contribution in [3.8, 4) is 0 Å². The van der Waals surface area contributed by atoms with Crippen LogP contribution in [0.1, 0.15) is 31.4 Å². The van der Waals surface area contributed by atoms with E-state index in [9.17, 15) is 14.7 Å². The fourth-order valence-corrected chi connectivity index (χ4v) is 3.57. The number of nitrogens with zero attached hydrogens (tertiary/aromatic N) is 3. The van der Waals surface area contributed by atoms with Crippen molar-refractivity contribution in [1.29, 1.82) is 0 Å². The number of hydrogen-bond donors (Lipinski definition) is 1. The fourth-order valence-electron chi connectivity index (χ4n) is 3.57. The Bertz CT molecular complexity index is 578. The average Bonchev–Trinajstić information content (AvgIpc) is 3.15. The summed E-state index contributed by atoms with van der Waals surface area (Å²) in [5.74, 6) is 0.322. The van der Waals surface area contributed by atoms with Crippen LogP contribution in [0.25, 0.3) is 0 Å². The Hall–Kier alpha value is -1.95. The molecule has 0 unspecified atom stereocenters. The van der Waals surface area contributed by atoms with Gasteiger partial charge < -0.3 is 14.9 Å². The Morgan fingerprint density at radius 3 is 2.92 bits per heavy atom. The minimum Gasteiger partial charge on any atom is -0.391 e. The third-order valence-corrected chi connectivity index (χ3v) is 4.95. The Labute approximate surface area is 142 Å². The lowest BCUT2D eigenvalue weighted by molar-refractivity contribution is -0.132. The molecule has 2 amide bonds. The molecule has 1 N–H and O–H groups in total. The van der Waals surface area contributed by atoms with Crippen LogP contribution in [-0.2, 0) is 16.0 Å². The number of rotatable bonds is 6. The highest BCUT2D eigenvalue weighted by Gasteiger charge is 2.34. The summed E-state index contributed by atoms with van der Waals surface area (Å²) >= 11 is 0. The number of aromatic nitrogens is 1. The molecule has 2 fully saturated rings. The van der Waals surface area contributed by atoms with Gasteiger partial charge in [0.25, 0.3) is 0 Å². The van der Waals surface area contributed by atoms with Crippen molar-refractivity contribution in [3.63, 3.8) is 0 Å². The number of hydrogen-bond acceptors (Lipinski definition) is 4. The fraction of sp³-hybridized carbons (Fsp3) is 0.611. The van der Waals surface area contributed by atoms with Gasteiger partial charge in [-0.05, 0) is 31.4 Å². The van der Waals surface area contributed by atoms with E-state index < -0.39 is 6.10 Å². The summed E-state index contributed by atoms with van der Waals surface area (Å²) in [7, 11) is 0. The number of amides is 2. The number of pyridine rings is 1. The maximum atomic E-state index is 12.3. The van der Waals surface area contributed by atoms with Gasteiger partial charge in [-0.25, -0.2) is 0 Å². The number of carbonyl (C=O) groups is 2. The van der Waals surface area contributed by atoms with Crippen LogP contribution in [0.3, 0.4) is 0 Å². The Kier molecular flexibility index (Phi) is 5.45. The summed E-state index contributed by atoms with van der Waals surface area (Å²) in [6.45, 7) is 2.47. The Balaban J connectivity index is 1.43. The molecular formula is C18H25N3O3. The first-order valence-corrected chi connectivity index (χ1v) is 8.77. The third kappa shape index (κ3) is 4.12. The molecule has 1 aromatic heterocycles. The van der Waals surface area contributed by atoms with E-state index >= 15 is 0 Å². The van der Waals surface area contributed by atoms with E-state index in [-0.39, 0.29) is 17.7 Å². The highest BCUT2D eigenvalue weighted by molar-refractivity contribution is 5.78. The molecule has 2 saturated heterocycles. The summed E-state index contributed by atoms with van der Waals surface area (Å²) in [6.07, 6.45) is 4.65. The number of aliphatic hydroxyl groups is 1. The van der Waals surface area contributed by atoms with Crippen molar-refractivity contribution >= 4 is 11.8 Å². The van der Waals surface area contributed by atoms with E-state index in [0.717, 1.165) is 18.7 Å². The van der Waals surface area contributed by atoms with Crippen molar-refractivity contribution in [2.45, 2.75) is 38.2 Å². The second-order valence-electron chi connectivity index (χ2n) is 6.74. The molecule has 0 radical (unpaired) electrons. The van der Waals surface area contributed by atoms with Gasteiger partial charge in [-0.15, -0.1) is 0 Å². The summed E-state index contributed by atoms with van der Waals surface area (Å²) < 4.78 is 0. The zero-order valence-corrected chi connectivity index (χ0v) is 13.9. The van der Waals surface area contributed by atoms with Crippen molar-refractivity contribution in [2.75, 3.05) is 26.2 Å². The second-order valence-corrected chi connectivity index (χ2v) is 6.74. The van der Waals surface area contributed by atoms with Crippen LogP contribution in [-0.4, -0.2) is 64.0 Å². The minimum atomic E-state index is -0.490. The predicted molar refractivity (Wildman–Crippen MR) is 89.1 cm³/mol.